The van der Waals surface area contributed by atoms with E-state index in [0.717, 1.165) is 25.5 Å². The number of unbranched alkanes of at least 4 members (excludes halogenated alkanes) is 2. The van der Waals surface area contributed by atoms with Crippen LogP contribution in [0.1, 0.15) is 73.1 Å². The molecule has 0 aliphatic heterocycles. The Kier molecular flexibility index (Phi) is 13.6. The summed E-state index contributed by atoms with van der Waals surface area (Å²) >= 11 is 0. The van der Waals surface area contributed by atoms with Crippen LogP contribution in [0.5, 0.6) is 0 Å². The van der Waals surface area contributed by atoms with Crippen molar-refractivity contribution in [3.8, 4) is 0 Å². The summed E-state index contributed by atoms with van der Waals surface area (Å²) in [4.78, 5) is 14.4. The van der Waals surface area contributed by atoms with Crippen molar-refractivity contribution in [3.63, 3.8) is 0 Å². The summed E-state index contributed by atoms with van der Waals surface area (Å²) in [5.74, 6) is 0. The van der Waals surface area contributed by atoms with E-state index in [-0.39, 0.29) is 12.0 Å². The van der Waals surface area contributed by atoms with Crippen molar-refractivity contribution in [2.75, 3.05) is 20.3 Å². The van der Waals surface area contributed by atoms with Gasteiger partial charge in [-0.1, -0.05) is 61.1 Å². The van der Waals surface area contributed by atoms with E-state index in [2.05, 4.69) is 61.7 Å². The molecule has 1 rings (SSSR count). The molecule has 0 aromatic carbocycles. The zero-order valence-electron chi connectivity index (χ0n) is 21.1. The highest BCUT2D eigenvalue weighted by Gasteiger charge is 2.26. The molecule has 1 atom stereocenters. The van der Waals surface area contributed by atoms with Crippen LogP contribution in [0.3, 0.4) is 0 Å². The Hall–Kier alpha value is -1.65. The quantitative estimate of drug-likeness (QED) is 0.0911. The van der Waals surface area contributed by atoms with Crippen LogP contribution in [0.15, 0.2) is 64.6 Å². The molecule has 2 N–H and O–H groups in total. The molecule has 6 nitrogen and oxygen atoms in total. The fourth-order valence-electron chi connectivity index (χ4n) is 3.60. The Balaban J connectivity index is 2.32. The lowest BCUT2D eigenvalue weighted by atomic mass is 9.72. The number of phosphoric ester groups is 1. The predicted octanol–water partition coefficient (Wildman–Crippen LogP) is 7.09. The van der Waals surface area contributed by atoms with Gasteiger partial charge in [0, 0.05) is 7.11 Å². The molecular weight excluding hydrogens is 437 g/mol. The van der Waals surface area contributed by atoms with Gasteiger partial charge in [0.2, 0.25) is 0 Å². The van der Waals surface area contributed by atoms with Gasteiger partial charge in [-0.2, -0.15) is 0 Å². The van der Waals surface area contributed by atoms with Crippen molar-refractivity contribution in [1.82, 2.24) is 5.48 Å². The third-order valence-corrected chi connectivity index (χ3v) is 6.55. The number of hydrogen-bond acceptors (Lipinski definition) is 5. The first kappa shape index (κ1) is 29.4. The summed E-state index contributed by atoms with van der Waals surface area (Å²) in [6.07, 6.45) is 18.3. The summed E-state index contributed by atoms with van der Waals surface area (Å²) in [7, 11) is -2.71. The van der Waals surface area contributed by atoms with Crippen LogP contribution in [-0.4, -0.2) is 25.2 Å². The molecule has 33 heavy (non-hydrogen) atoms. The van der Waals surface area contributed by atoms with Gasteiger partial charge in [-0.15, -0.1) is 0 Å². The highest BCUT2D eigenvalue weighted by molar-refractivity contribution is 7.47. The van der Waals surface area contributed by atoms with Gasteiger partial charge in [0.15, 0.2) is 0 Å². The normalized spacial score (nSPS) is 18.5. The van der Waals surface area contributed by atoms with E-state index in [1.807, 2.05) is 19.1 Å². The van der Waals surface area contributed by atoms with Crippen LogP contribution in [0.4, 0.5) is 0 Å². The van der Waals surface area contributed by atoms with Crippen LogP contribution in [0, 0.1) is 5.41 Å². The van der Waals surface area contributed by atoms with Gasteiger partial charge in [-0.25, -0.2) is 4.57 Å². The molecule has 0 aromatic rings. The zero-order valence-corrected chi connectivity index (χ0v) is 22.0. The summed E-state index contributed by atoms with van der Waals surface area (Å²) in [6, 6.07) is 0. The molecule has 1 aliphatic rings. The highest BCUT2D eigenvalue weighted by Crippen LogP contribution is 2.42. The first-order chi connectivity index (χ1) is 15.6. The van der Waals surface area contributed by atoms with Crippen molar-refractivity contribution >= 4 is 7.82 Å². The molecule has 0 bridgehead atoms. The van der Waals surface area contributed by atoms with Gasteiger partial charge in [0.05, 0.1) is 19.4 Å². The second kappa shape index (κ2) is 15.3. The molecule has 0 saturated carbocycles. The Morgan fingerprint density at radius 3 is 2.64 bits per heavy atom. The first-order valence-corrected chi connectivity index (χ1v) is 13.1. The van der Waals surface area contributed by atoms with Crippen LogP contribution in [-0.2, 0) is 18.5 Å². The highest BCUT2D eigenvalue weighted by atomic mass is 31.2. The third-order valence-electron chi connectivity index (χ3n) is 5.58. The Morgan fingerprint density at radius 2 is 1.94 bits per heavy atom. The monoisotopic (exact) mass is 479 g/mol. The second-order valence-electron chi connectivity index (χ2n) is 9.02. The Labute approximate surface area is 200 Å². The first-order valence-electron chi connectivity index (χ1n) is 11.6. The molecule has 186 valence electrons. The lowest BCUT2D eigenvalue weighted by Crippen LogP contribution is -2.19. The van der Waals surface area contributed by atoms with Crippen LogP contribution in [0.25, 0.3) is 0 Å². The summed E-state index contributed by atoms with van der Waals surface area (Å²) in [6.45, 7) is 11.7. The van der Waals surface area contributed by atoms with Crippen molar-refractivity contribution in [2.45, 2.75) is 73.1 Å². The van der Waals surface area contributed by atoms with Gasteiger partial charge >= 0.3 is 7.82 Å². The van der Waals surface area contributed by atoms with E-state index >= 15 is 0 Å². The number of hydroxylamine groups is 1. The average molecular weight is 480 g/mol. The SMILES string of the molecule is COP(=O)(O)OCCCCCONC=C=C(C)/C=C/C=C(C)/C=C/C1=C(C)CCCC1(C)C. The lowest BCUT2D eigenvalue weighted by molar-refractivity contribution is 0.0673. The molecule has 7 heteroatoms. The van der Waals surface area contributed by atoms with Crippen LogP contribution in [0.2, 0.25) is 0 Å². The maximum Gasteiger partial charge on any atom is 0.471 e. The fraction of sp³-hybridized carbons (Fsp3) is 0.577. The minimum absolute atomic E-state index is 0.183. The number of hydrogen-bond donors (Lipinski definition) is 2. The van der Waals surface area contributed by atoms with E-state index in [4.69, 9.17) is 14.3 Å². The summed E-state index contributed by atoms with van der Waals surface area (Å²) < 4.78 is 20.2. The number of phosphoric acid groups is 1. The van der Waals surface area contributed by atoms with Crippen molar-refractivity contribution in [3.05, 3.63) is 64.6 Å². The van der Waals surface area contributed by atoms with E-state index in [9.17, 15) is 4.57 Å². The second-order valence-corrected chi connectivity index (χ2v) is 10.6. The van der Waals surface area contributed by atoms with Crippen LogP contribution < -0.4 is 5.48 Å². The summed E-state index contributed by atoms with van der Waals surface area (Å²) in [5, 5.41) is 0. The van der Waals surface area contributed by atoms with E-state index in [1.165, 1.54) is 36.0 Å². The van der Waals surface area contributed by atoms with Crippen molar-refractivity contribution < 1.29 is 23.3 Å². The van der Waals surface area contributed by atoms with Gasteiger partial charge in [0.25, 0.3) is 0 Å². The van der Waals surface area contributed by atoms with Gasteiger partial charge < -0.3 is 4.89 Å². The Morgan fingerprint density at radius 1 is 1.21 bits per heavy atom. The third kappa shape index (κ3) is 13.0. The molecular formula is C26H42NO5P. The van der Waals surface area contributed by atoms with Crippen LogP contribution >= 0.6 is 7.82 Å². The van der Waals surface area contributed by atoms with E-state index in [0.29, 0.717) is 13.0 Å². The molecule has 0 aromatic heterocycles. The molecule has 1 aliphatic carbocycles. The standard InChI is InChI=1S/C26H42NO5P/c1-22(15-16-25-24(3)14-11-18-26(25,4)5)12-10-13-23(2)17-19-27-31-20-8-7-9-21-32-33(28,29)30-6/h10,12-13,15-16,19,27H,7-9,11,14,18,20-21H2,1-6H3,(H,28,29)/b13-10+,16-15+,22-12+. The fourth-order valence-corrected chi connectivity index (χ4v) is 4.07. The molecule has 1 unspecified atom stereocenters. The minimum Gasteiger partial charge on any atom is -0.303 e. The van der Waals surface area contributed by atoms with Crippen molar-refractivity contribution in [1.29, 1.82) is 0 Å². The number of rotatable bonds is 14. The Bertz CT molecular complexity index is 845. The smallest absolute Gasteiger partial charge is 0.303 e. The summed E-state index contributed by atoms with van der Waals surface area (Å²) in [5.41, 5.74) is 11.3. The van der Waals surface area contributed by atoms with Gasteiger partial charge in [-0.05, 0) is 75.9 Å². The lowest BCUT2D eigenvalue weighted by Gasteiger charge is -2.32. The minimum atomic E-state index is -3.86. The molecule has 0 radical (unpaired) electrons. The molecule has 0 amide bonds. The van der Waals surface area contributed by atoms with E-state index in [1.54, 1.807) is 6.20 Å². The zero-order chi connectivity index (χ0) is 24.7. The maximum absolute atomic E-state index is 11.1. The molecule has 0 heterocycles. The largest absolute Gasteiger partial charge is 0.471 e. The predicted molar refractivity (Wildman–Crippen MR) is 135 cm³/mol. The molecule has 0 saturated heterocycles. The molecule has 0 spiro atoms. The van der Waals surface area contributed by atoms with Gasteiger partial charge in [-0.3, -0.25) is 19.4 Å². The van der Waals surface area contributed by atoms with E-state index < -0.39 is 7.82 Å². The van der Waals surface area contributed by atoms with Crippen molar-refractivity contribution in [2.24, 2.45) is 5.41 Å². The number of allylic oxidation sites excluding steroid dienone is 9. The molecule has 0 fully saturated rings. The topological polar surface area (TPSA) is 77.0 Å². The number of nitrogens with one attached hydrogen (secondary N) is 1. The average Bonchev–Trinajstić information content (AvgIpc) is 2.74. The maximum atomic E-state index is 11.1. The van der Waals surface area contributed by atoms with Gasteiger partial charge in [0.1, 0.15) is 0 Å².